The van der Waals surface area contributed by atoms with Crippen molar-refractivity contribution in [3.63, 3.8) is 0 Å². The fourth-order valence-electron chi connectivity index (χ4n) is 1.46. The quantitative estimate of drug-likeness (QED) is 0.872. The van der Waals surface area contributed by atoms with Gasteiger partial charge in [0.2, 0.25) is 0 Å². The molecule has 1 rings (SSSR count). The number of carbonyl (C=O) groups is 1. The molecule has 1 N–H and O–H groups in total. The van der Waals surface area contributed by atoms with E-state index < -0.39 is 0 Å². The summed E-state index contributed by atoms with van der Waals surface area (Å²) in [6, 6.07) is 2.27. The number of rotatable bonds is 6. The molecule has 84 valence electrons. The SMILES string of the molecule is CCNC(C)CC(=O)Cc1sccc1Br. The first kappa shape index (κ1) is 12.9. The Morgan fingerprint density at radius 1 is 1.67 bits per heavy atom. The van der Waals surface area contributed by atoms with Crippen LogP contribution in [0.5, 0.6) is 0 Å². The lowest BCUT2D eigenvalue weighted by molar-refractivity contribution is -0.118. The van der Waals surface area contributed by atoms with E-state index in [0.29, 0.717) is 18.6 Å². The van der Waals surface area contributed by atoms with Gasteiger partial charge >= 0.3 is 0 Å². The van der Waals surface area contributed by atoms with Crippen molar-refractivity contribution < 1.29 is 4.79 Å². The molecular weight excluding hydrogens is 274 g/mol. The van der Waals surface area contributed by atoms with Gasteiger partial charge in [-0.05, 0) is 40.8 Å². The number of ketones is 1. The molecule has 1 atom stereocenters. The van der Waals surface area contributed by atoms with Gasteiger partial charge in [0, 0.05) is 28.2 Å². The van der Waals surface area contributed by atoms with Crippen molar-refractivity contribution in [2.75, 3.05) is 6.54 Å². The van der Waals surface area contributed by atoms with Crippen LogP contribution in [0.4, 0.5) is 0 Å². The summed E-state index contributed by atoms with van der Waals surface area (Å²) >= 11 is 5.06. The van der Waals surface area contributed by atoms with Crippen molar-refractivity contribution in [2.45, 2.75) is 32.7 Å². The van der Waals surface area contributed by atoms with Gasteiger partial charge in [0.05, 0.1) is 0 Å². The highest BCUT2D eigenvalue weighted by Crippen LogP contribution is 2.23. The molecule has 0 aliphatic carbocycles. The molecule has 1 heterocycles. The van der Waals surface area contributed by atoms with Crippen molar-refractivity contribution in [2.24, 2.45) is 0 Å². The number of hydrogen-bond acceptors (Lipinski definition) is 3. The maximum Gasteiger partial charge on any atom is 0.139 e. The van der Waals surface area contributed by atoms with Gasteiger partial charge in [-0.1, -0.05) is 6.92 Å². The van der Waals surface area contributed by atoms with Crippen molar-refractivity contribution in [3.05, 3.63) is 20.8 Å². The van der Waals surface area contributed by atoms with E-state index in [1.165, 1.54) is 0 Å². The molecule has 0 amide bonds. The third kappa shape index (κ3) is 4.45. The predicted molar refractivity (Wildman–Crippen MR) is 68.5 cm³/mol. The Balaban J connectivity index is 2.40. The largest absolute Gasteiger partial charge is 0.314 e. The molecule has 1 unspecified atom stereocenters. The molecule has 15 heavy (non-hydrogen) atoms. The number of carbonyl (C=O) groups excluding carboxylic acids is 1. The summed E-state index contributed by atoms with van der Waals surface area (Å²) < 4.78 is 1.05. The van der Waals surface area contributed by atoms with Crippen molar-refractivity contribution >= 4 is 33.0 Å². The second-order valence-electron chi connectivity index (χ2n) is 3.57. The molecule has 0 bridgehead atoms. The Morgan fingerprint density at radius 3 is 2.93 bits per heavy atom. The maximum atomic E-state index is 11.7. The third-order valence-electron chi connectivity index (χ3n) is 2.14. The van der Waals surface area contributed by atoms with Crippen LogP contribution in [0.15, 0.2) is 15.9 Å². The summed E-state index contributed by atoms with van der Waals surface area (Å²) in [6.07, 6.45) is 1.16. The van der Waals surface area contributed by atoms with Gasteiger partial charge in [-0.3, -0.25) is 4.79 Å². The lowest BCUT2D eigenvalue weighted by atomic mass is 10.1. The van der Waals surface area contributed by atoms with E-state index >= 15 is 0 Å². The van der Waals surface area contributed by atoms with Gasteiger partial charge in [0.15, 0.2) is 0 Å². The zero-order valence-electron chi connectivity index (χ0n) is 9.05. The Bertz CT molecular complexity index is 324. The normalized spacial score (nSPS) is 12.7. The number of hydrogen-bond donors (Lipinski definition) is 1. The van der Waals surface area contributed by atoms with E-state index in [0.717, 1.165) is 15.9 Å². The third-order valence-corrected chi connectivity index (χ3v) is 4.06. The molecule has 0 aliphatic rings. The van der Waals surface area contributed by atoms with Crippen LogP contribution in [-0.4, -0.2) is 18.4 Å². The number of Topliss-reactive ketones (excluding diaryl/α,β-unsaturated/α-hetero) is 1. The van der Waals surface area contributed by atoms with E-state index in [9.17, 15) is 4.79 Å². The first-order chi connectivity index (χ1) is 7.13. The zero-order valence-corrected chi connectivity index (χ0v) is 11.5. The van der Waals surface area contributed by atoms with Crippen LogP contribution in [0.2, 0.25) is 0 Å². The van der Waals surface area contributed by atoms with Crippen LogP contribution < -0.4 is 5.32 Å². The maximum absolute atomic E-state index is 11.7. The standard InChI is InChI=1S/C11H16BrNOS/c1-3-13-8(2)6-9(14)7-11-10(12)4-5-15-11/h4-5,8,13H,3,6-7H2,1-2H3. The van der Waals surface area contributed by atoms with Crippen molar-refractivity contribution in [1.29, 1.82) is 0 Å². The Morgan fingerprint density at radius 2 is 2.40 bits per heavy atom. The Kier molecular flexibility index (Phi) is 5.50. The van der Waals surface area contributed by atoms with Crippen LogP contribution in [0, 0.1) is 0 Å². The monoisotopic (exact) mass is 289 g/mol. The van der Waals surface area contributed by atoms with Crippen LogP contribution >= 0.6 is 27.3 Å². The lowest BCUT2D eigenvalue weighted by Gasteiger charge is -2.10. The molecule has 4 heteroatoms. The molecule has 0 aliphatic heterocycles. The molecule has 0 radical (unpaired) electrons. The van der Waals surface area contributed by atoms with Crippen LogP contribution in [0.3, 0.4) is 0 Å². The van der Waals surface area contributed by atoms with E-state index in [1.807, 2.05) is 18.4 Å². The topological polar surface area (TPSA) is 29.1 Å². The highest BCUT2D eigenvalue weighted by molar-refractivity contribution is 9.10. The van der Waals surface area contributed by atoms with Crippen LogP contribution in [0.25, 0.3) is 0 Å². The van der Waals surface area contributed by atoms with E-state index in [1.54, 1.807) is 11.3 Å². The molecule has 0 saturated carbocycles. The van der Waals surface area contributed by atoms with Gasteiger partial charge in [0.25, 0.3) is 0 Å². The number of thiophene rings is 1. The first-order valence-corrected chi connectivity index (χ1v) is 6.77. The molecular formula is C11H16BrNOS. The van der Waals surface area contributed by atoms with Gasteiger partial charge in [-0.2, -0.15) is 0 Å². The summed E-state index contributed by atoms with van der Waals surface area (Å²) in [5, 5.41) is 5.24. The Labute approximate surface area is 103 Å². The first-order valence-electron chi connectivity index (χ1n) is 5.10. The van der Waals surface area contributed by atoms with E-state index in [2.05, 4.69) is 28.2 Å². The molecule has 1 aromatic heterocycles. The average Bonchev–Trinajstić information content (AvgIpc) is 2.52. The fourth-order valence-corrected chi connectivity index (χ4v) is 2.99. The highest BCUT2D eigenvalue weighted by Gasteiger charge is 2.11. The van der Waals surface area contributed by atoms with Crippen molar-refractivity contribution in [3.8, 4) is 0 Å². The van der Waals surface area contributed by atoms with Gasteiger partial charge in [-0.25, -0.2) is 0 Å². The smallest absolute Gasteiger partial charge is 0.139 e. The molecule has 0 spiro atoms. The summed E-state index contributed by atoms with van der Waals surface area (Å²) in [7, 11) is 0. The molecule has 0 aromatic carbocycles. The molecule has 0 fully saturated rings. The number of nitrogens with one attached hydrogen (secondary N) is 1. The minimum absolute atomic E-state index is 0.279. The highest BCUT2D eigenvalue weighted by atomic mass is 79.9. The second-order valence-corrected chi connectivity index (χ2v) is 5.43. The summed E-state index contributed by atoms with van der Waals surface area (Å²) in [5.41, 5.74) is 0. The minimum atomic E-state index is 0.279. The van der Waals surface area contributed by atoms with Gasteiger partial charge < -0.3 is 5.32 Å². The summed E-state index contributed by atoms with van der Waals surface area (Å²) in [5.74, 6) is 0.298. The predicted octanol–water partition coefficient (Wildman–Crippen LogP) is 3.01. The number of halogens is 1. The minimum Gasteiger partial charge on any atom is -0.314 e. The molecule has 2 nitrogen and oxygen atoms in total. The fraction of sp³-hybridized carbons (Fsp3) is 0.545. The summed E-state index contributed by atoms with van der Waals surface area (Å²) in [4.78, 5) is 12.8. The zero-order chi connectivity index (χ0) is 11.3. The Hall–Kier alpha value is -0.190. The van der Waals surface area contributed by atoms with Crippen LogP contribution in [-0.2, 0) is 11.2 Å². The van der Waals surface area contributed by atoms with E-state index in [-0.39, 0.29) is 6.04 Å². The lowest BCUT2D eigenvalue weighted by Crippen LogP contribution is -2.28. The average molecular weight is 290 g/mol. The molecule has 0 saturated heterocycles. The van der Waals surface area contributed by atoms with Crippen LogP contribution in [0.1, 0.15) is 25.1 Å². The molecule has 1 aromatic rings. The summed E-state index contributed by atoms with van der Waals surface area (Å²) in [6.45, 7) is 5.01. The van der Waals surface area contributed by atoms with Gasteiger partial charge in [-0.15, -0.1) is 11.3 Å². The second kappa shape index (κ2) is 6.40. The van der Waals surface area contributed by atoms with Gasteiger partial charge in [0.1, 0.15) is 5.78 Å². The van der Waals surface area contributed by atoms with Crippen molar-refractivity contribution in [1.82, 2.24) is 5.32 Å². The van der Waals surface area contributed by atoms with E-state index in [4.69, 9.17) is 0 Å².